The molecule has 3 aromatic rings. The Hall–Kier alpha value is -2.86. The standard InChI is InChI=1S/C12H9N5O3S/c1-7-2-3-9(12-11(7)8(4-13)5-14-12)17-21(18,19)10-6-15-20-16-10/h2-3,5-6,14,17H,1H3. The first-order chi connectivity index (χ1) is 10.0. The van der Waals surface area contributed by atoms with Crippen molar-refractivity contribution in [3.8, 4) is 6.07 Å². The second kappa shape index (κ2) is 4.60. The van der Waals surface area contributed by atoms with Crippen LogP contribution in [0.3, 0.4) is 0 Å². The Morgan fingerprint density at radius 2 is 2.24 bits per heavy atom. The number of nitriles is 1. The lowest BCUT2D eigenvalue weighted by Gasteiger charge is -2.07. The first-order valence-electron chi connectivity index (χ1n) is 5.84. The molecule has 1 aromatic carbocycles. The van der Waals surface area contributed by atoms with Gasteiger partial charge in [-0.2, -0.15) is 13.7 Å². The third-order valence-electron chi connectivity index (χ3n) is 3.03. The van der Waals surface area contributed by atoms with Crippen LogP contribution in [0.5, 0.6) is 0 Å². The van der Waals surface area contributed by atoms with Crippen molar-refractivity contribution in [3.63, 3.8) is 0 Å². The number of hydrogen-bond acceptors (Lipinski definition) is 6. The van der Waals surface area contributed by atoms with Gasteiger partial charge in [0.2, 0.25) is 5.03 Å². The zero-order chi connectivity index (χ0) is 15.0. The van der Waals surface area contributed by atoms with Crippen molar-refractivity contribution in [2.24, 2.45) is 0 Å². The van der Waals surface area contributed by atoms with Crippen molar-refractivity contribution >= 4 is 26.6 Å². The van der Waals surface area contributed by atoms with Crippen LogP contribution in [0, 0.1) is 18.3 Å². The monoisotopic (exact) mass is 303 g/mol. The number of hydrogen-bond donors (Lipinski definition) is 2. The van der Waals surface area contributed by atoms with Crippen molar-refractivity contribution in [2.45, 2.75) is 11.9 Å². The Balaban J connectivity index is 2.13. The summed E-state index contributed by atoms with van der Waals surface area (Å²) in [5, 5.41) is 16.0. The molecule has 0 aliphatic heterocycles. The summed E-state index contributed by atoms with van der Waals surface area (Å²) in [6.45, 7) is 1.84. The molecular weight excluding hydrogens is 294 g/mol. The molecule has 106 valence electrons. The van der Waals surface area contributed by atoms with Gasteiger partial charge in [-0.3, -0.25) is 4.72 Å². The van der Waals surface area contributed by atoms with E-state index in [4.69, 9.17) is 5.26 Å². The van der Waals surface area contributed by atoms with Crippen molar-refractivity contribution < 1.29 is 13.0 Å². The summed E-state index contributed by atoms with van der Waals surface area (Å²) in [6, 6.07) is 5.41. The molecule has 0 fully saturated rings. The third-order valence-corrected chi connectivity index (χ3v) is 4.24. The van der Waals surface area contributed by atoms with Crippen LogP contribution in [0.2, 0.25) is 0 Å². The molecule has 0 saturated heterocycles. The van der Waals surface area contributed by atoms with E-state index in [0.29, 0.717) is 22.2 Å². The minimum Gasteiger partial charge on any atom is -0.358 e. The van der Waals surface area contributed by atoms with E-state index in [1.54, 1.807) is 12.1 Å². The molecule has 0 atom stereocenters. The summed E-state index contributed by atoms with van der Waals surface area (Å²) in [6.07, 6.45) is 2.54. The molecule has 0 radical (unpaired) electrons. The molecule has 0 spiro atoms. The zero-order valence-electron chi connectivity index (χ0n) is 10.8. The molecule has 2 aromatic heterocycles. The lowest BCUT2D eigenvalue weighted by atomic mass is 10.1. The van der Waals surface area contributed by atoms with Gasteiger partial charge in [-0.15, -0.1) is 0 Å². The molecule has 2 heterocycles. The number of nitrogens with zero attached hydrogens (tertiary/aromatic N) is 3. The molecule has 2 N–H and O–H groups in total. The van der Waals surface area contributed by atoms with Crippen LogP contribution < -0.4 is 4.72 Å². The number of aromatic nitrogens is 3. The first-order valence-corrected chi connectivity index (χ1v) is 7.32. The highest BCUT2D eigenvalue weighted by Crippen LogP contribution is 2.29. The van der Waals surface area contributed by atoms with Gasteiger partial charge in [-0.1, -0.05) is 11.2 Å². The number of sulfonamides is 1. The molecule has 9 heteroatoms. The number of benzene rings is 1. The van der Waals surface area contributed by atoms with Crippen molar-refractivity contribution in [2.75, 3.05) is 4.72 Å². The van der Waals surface area contributed by atoms with Crippen LogP contribution in [-0.4, -0.2) is 23.7 Å². The molecule has 0 unspecified atom stereocenters. The predicted octanol–water partition coefficient (Wildman–Crippen LogP) is 1.53. The van der Waals surface area contributed by atoms with Gasteiger partial charge in [0.25, 0.3) is 10.0 Å². The molecule has 3 rings (SSSR count). The molecule has 0 aliphatic carbocycles. The SMILES string of the molecule is Cc1ccc(NS(=O)(=O)c2cnon2)c2[nH]cc(C#N)c12. The number of fused-ring (bicyclic) bond motifs is 1. The lowest BCUT2D eigenvalue weighted by molar-refractivity contribution is 0.297. The van der Waals surface area contributed by atoms with Crippen LogP contribution in [0.4, 0.5) is 5.69 Å². The number of anilines is 1. The van der Waals surface area contributed by atoms with Crippen molar-refractivity contribution in [1.82, 2.24) is 15.3 Å². The number of rotatable bonds is 3. The Kier molecular flexibility index (Phi) is 2.88. The fourth-order valence-corrected chi connectivity index (χ4v) is 2.94. The van der Waals surface area contributed by atoms with Gasteiger partial charge in [0.1, 0.15) is 12.3 Å². The Bertz CT molecular complexity index is 951. The summed E-state index contributed by atoms with van der Waals surface area (Å²) in [4.78, 5) is 2.91. The molecule has 8 nitrogen and oxygen atoms in total. The second-order valence-corrected chi connectivity index (χ2v) is 5.97. The van der Waals surface area contributed by atoms with Crippen LogP contribution in [0.15, 0.2) is 34.2 Å². The maximum Gasteiger partial charge on any atom is 0.284 e. The Morgan fingerprint density at radius 3 is 2.90 bits per heavy atom. The summed E-state index contributed by atoms with van der Waals surface area (Å²) in [5.74, 6) is 0. The quantitative estimate of drug-likeness (QED) is 0.756. The number of aromatic amines is 1. The van der Waals surface area contributed by atoms with Gasteiger partial charge in [-0.25, -0.2) is 4.63 Å². The maximum atomic E-state index is 12.1. The predicted molar refractivity (Wildman–Crippen MR) is 72.9 cm³/mol. The van der Waals surface area contributed by atoms with Gasteiger partial charge < -0.3 is 4.98 Å². The fraction of sp³-hybridized carbons (Fsp3) is 0.0833. The van der Waals surface area contributed by atoms with E-state index in [-0.39, 0.29) is 5.03 Å². The Labute approximate surface area is 119 Å². The van der Waals surface area contributed by atoms with Crippen LogP contribution in [-0.2, 0) is 10.0 Å². The summed E-state index contributed by atoms with van der Waals surface area (Å²) < 4.78 is 30.9. The van der Waals surface area contributed by atoms with Gasteiger partial charge in [0.05, 0.1) is 16.8 Å². The van der Waals surface area contributed by atoms with Crippen molar-refractivity contribution in [1.29, 1.82) is 5.26 Å². The first kappa shape index (κ1) is 13.1. The topological polar surface area (TPSA) is 125 Å². The minimum absolute atomic E-state index is 0.316. The van der Waals surface area contributed by atoms with Crippen LogP contribution >= 0.6 is 0 Å². The smallest absolute Gasteiger partial charge is 0.284 e. The summed E-state index contributed by atoms with van der Waals surface area (Å²) in [5.41, 5.74) is 2.17. The molecule has 0 bridgehead atoms. The molecule has 0 amide bonds. The second-order valence-electron chi connectivity index (χ2n) is 4.35. The number of H-pyrrole nitrogens is 1. The average Bonchev–Trinajstić information content (AvgIpc) is 3.10. The summed E-state index contributed by atoms with van der Waals surface area (Å²) >= 11 is 0. The molecule has 21 heavy (non-hydrogen) atoms. The Morgan fingerprint density at radius 1 is 1.43 bits per heavy atom. The van der Waals surface area contributed by atoms with Crippen LogP contribution in [0.1, 0.15) is 11.1 Å². The van der Waals surface area contributed by atoms with Gasteiger partial charge in [0.15, 0.2) is 0 Å². The van der Waals surface area contributed by atoms with E-state index in [1.807, 2.05) is 6.92 Å². The number of nitrogens with one attached hydrogen (secondary N) is 2. The van der Waals surface area contributed by atoms with Crippen LogP contribution in [0.25, 0.3) is 10.9 Å². The average molecular weight is 303 g/mol. The van der Waals surface area contributed by atoms with E-state index in [1.165, 1.54) is 6.20 Å². The highest BCUT2D eigenvalue weighted by atomic mass is 32.2. The van der Waals surface area contributed by atoms with Gasteiger partial charge >= 0.3 is 0 Å². The normalized spacial score (nSPS) is 11.4. The summed E-state index contributed by atoms with van der Waals surface area (Å²) in [7, 11) is -3.89. The number of aryl methyl sites for hydroxylation is 1. The van der Waals surface area contributed by atoms with E-state index in [0.717, 1.165) is 11.8 Å². The lowest BCUT2D eigenvalue weighted by Crippen LogP contribution is -2.13. The third kappa shape index (κ3) is 2.11. The highest BCUT2D eigenvalue weighted by Gasteiger charge is 2.20. The largest absolute Gasteiger partial charge is 0.358 e. The van der Waals surface area contributed by atoms with E-state index in [2.05, 4.69) is 30.7 Å². The van der Waals surface area contributed by atoms with E-state index >= 15 is 0 Å². The molecular formula is C12H9N5O3S. The minimum atomic E-state index is -3.89. The highest BCUT2D eigenvalue weighted by molar-refractivity contribution is 7.92. The fourth-order valence-electron chi connectivity index (χ4n) is 2.07. The molecule has 0 aliphatic rings. The van der Waals surface area contributed by atoms with Crippen molar-refractivity contribution in [3.05, 3.63) is 35.7 Å². The maximum absolute atomic E-state index is 12.1. The van der Waals surface area contributed by atoms with Gasteiger partial charge in [0, 0.05) is 11.6 Å². The van der Waals surface area contributed by atoms with Gasteiger partial charge in [-0.05, 0) is 23.7 Å². The van der Waals surface area contributed by atoms with E-state index < -0.39 is 10.0 Å². The zero-order valence-corrected chi connectivity index (χ0v) is 11.6. The van der Waals surface area contributed by atoms with E-state index in [9.17, 15) is 8.42 Å². The molecule has 0 saturated carbocycles.